The number of hydrogen-bond donors (Lipinski definition) is 2. The molecule has 0 saturated carbocycles. The molecule has 0 atom stereocenters. The van der Waals surface area contributed by atoms with Gasteiger partial charge in [0.25, 0.3) is 0 Å². The van der Waals surface area contributed by atoms with E-state index in [1.54, 1.807) is 11.3 Å². The first-order valence-electron chi connectivity index (χ1n) is 10.3. The maximum atomic E-state index is 12.9. The van der Waals surface area contributed by atoms with E-state index in [0.717, 1.165) is 28.7 Å². The Morgan fingerprint density at radius 1 is 0.909 bits per heavy atom. The Bertz CT molecular complexity index is 1240. The van der Waals surface area contributed by atoms with Crippen molar-refractivity contribution in [2.24, 2.45) is 0 Å². The zero-order valence-corrected chi connectivity index (χ0v) is 18.2. The molecular formula is C23H19FN6O2S. The molecule has 8 nitrogen and oxygen atoms in total. The number of halogens is 1. The van der Waals surface area contributed by atoms with Gasteiger partial charge in [-0.25, -0.2) is 24.1 Å². The Morgan fingerprint density at radius 3 is 2.27 bits per heavy atom. The predicted octanol–water partition coefficient (Wildman–Crippen LogP) is 5.39. The van der Waals surface area contributed by atoms with Crippen LogP contribution in [0.3, 0.4) is 0 Å². The van der Waals surface area contributed by atoms with Crippen molar-refractivity contribution in [1.29, 1.82) is 0 Å². The van der Waals surface area contributed by atoms with Gasteiger partial charge in [0, 0.05) is 25.0 Å². The van der Waals surface area contributed by atoms with Gasteiger partial charge in [0.15, 0.2) is 5.13 Å². The maximum absolute atomic E-state index is 12.9. The number of carbonyl (C=O) groups is 1. The topological polar surface area (TPSA) is 92.3 Å². The lowest BCUT2D eigenvalue weighted by molar-refractivity contribution is 0.262. The molecule has 0 spiro atoms. The summed E-state index contributed by atoms with van der Waals surface area (Å²) >= 11 is 1.68. The van der Waals surface area contributed by atoms with E-state index in [4.69, 9.17) is 4.74 Å². The summed E-state index contributed by atoms with van der Waals surface area (Å²) in [4.78, 5) is 28.2. The Kier molecular flexibility index (Phi) is 5.81. The smallest absolute Gasteiger partial charge is 0.323 e. The van der Waals surface area contributed by atoms with Gasteiger partial charge < -0.3 is 20.3 Å². The fourth-order valence-electron chi connectivity index (χ4n) is 3.10. The number of nitrogens with one attached hydrogen (secondary N) is 2. The summed E-state index contributed by atoms with van der Waals surface area (Å²) in [7, 11) is 0. The maximum Gasteiger partial charge on any atom is 0.323 e. The van der Waals surface area contributed by atoms with E-state index in [1.165, 1.54) is 43.1 Å². The molecule has 0 aliphatic carbocycles. The van der Waals surface area contributed by atoms with Gasteiger partial charge in [-0.1, -0.05) is 11.3 Å². The fraction of sp³-hybridized carbons (Fsp3) is 0.130. The van der Waals surface area contributed by atoms with E-state index in [0.29, 0.717) is 17.1 Å². The first-order chi connectivity index (χ1) is 16.1. The zero-order valence-electron chi connectivity index (χ0n) is 17.4. The number of ether oxygens (including phenoxy) is 1. The van der Waals surface area contributed by atoms with Crippen molar-refractivity contribution in [2.45, 2.75) is 6.42 Å². The van der Waals surface area contributed by atoms with Crippen molar-refractivity contribution in [3.05, 3.63) is 72.9 Å². The van der Waals surface area contributed by atoms with Gasteiger partial charge in [0.05, 0.1) is 23.0 Å². The van der Waals surface area contributed by atoms with Crippen LogP contribution in [-0.2, 0) is 0 Å². The zero-order chi connectivity index (χ0) is 22.6. The number of nitrogens with zero attached hydrogens (tertiary/aromatic N) is 4. The van der Waals surface area contributed by atoms with Crippen molar-refractivity contribution in [3.8, 4) is 22.2 Å². The number of benzene rings is 2. The van der Waals surface area contributed by atoms with Crippen molar-refractivity contribution in [1.82, 2.24) is 15.0 Å². The quantitative estimate of drug-likeness (QED) is 0.399. The number of rotatable bonds is 6. The molecule has 166 valence electrons. The monoisotopic (exact) mass is 462 g/mol. The lowest BCUT2D eigenvalue weighted by Crippen LogP contribution is -2.36. The van der Waals surface area contributed by atoms with E-state index in [-0.39, 0.29) is 11.8 Å². The molecule has 5 rings (SSSR count). The number of thiazole rings is 1. The highest BCUT2D eigenvalue weighted by atomic mass is 32.1. The molecule has 1 aliphatic heterocycles. The summed E-state index contributed by atoms with van der Waals surface area (Å²) in [6, 6.07) is 12.8. The van der Waals surface area contributed by atoms with Crippen LogP contribution in [0.2, 0.25) is 0 Å². The molecule has 0 bridgehead atoms. The number of anilines is 3. The highest BCUT2D eigenvalue weighted by molar-refractivity contribution is 7.18. The van der Waals surface area contributed by atoms with Crippen molar-refractivity contribution < 1.29 is 13.9 Å². The third-order valence-electron chi connectivity index (χ3n) is 4.96. The summed E-state index contributed by atoms with van der Waals surface area (Å²) in [5.41, 5.74) is 1.92. The summed E-state index contributed by atoms with van der Waals surface area (Å²) in [6.07, 6.45) is 6.00. The molecule has 10 heteroatoms. The summed E-state index contributed by atoms with van der Waals surface area (Å²) in [5, 5.41) is 6.26. The summed E-state index contributed by atoms with van der Waals surface area (Å²) in [6.45, 7) is 2.15. The molecule has 1 saturated heterocycles. The van der Waals surface area contributed by atoms with E-state index in [1.807, 2.05) is 30.5 Å². The minimum atomic E-state index is -0.491. The minimum Gasteiger partial charge on any atom is -0.424 e. The molecule has 0 radical (unpaired) electrons. The van der Waals surface area contributed by atoms with Crippen LogP contribution in [-0.4, -0.2) is 34.1 Å². The second-order valence-corrected chi connectivity index (χ2v) is 8.32. The number of hydrogen-bond acceptors (Lipinski definition) is 7. The first-order valence-corrected chi connectivity index (χ1v) is 11.1. The highest BCUT2D eigenvalue weighted by Gasteiger charge is 2.18. The Labute approximate surface area is 193 Å². The Hall–Kier alpha value is -4.05. The molecule has 1 aliphatic rings. The fourth-order valence-corrected chi connectivity index (χ4v) is 4.08. The molecule has 3 heterocycles. The second-order valence-electron chi connectivity index (χ2n) is 7.31. The molecule has 2 aromatic heterocycles. The second kappa shape index (κ2) is 9.21. The third kappa shape index (κ3) is 5.07. The van der Waals surface area contributed by atoms with E-state index < -0.39 is 6.03 Å². The van der Waals surface area contributed by atoms with Gasteiger partial charge >= 0.3 is 12.0 Å². The number of aromatic nitrogens is 3. The van der Waals surface area contributed by atoms with Crippen LogP contribution in [0.25, 0.3) is 10.4 Å². The van der Waals surface area contributed by atoms with Crippen LogP contribution in [0, 0.1) is 5.82 Å². The molecule has 2 amide bonds. The van der Waals surface area contributed by atoms with Crippen LogP contribution >= 0.6 is 11.3 Å². The lowest BCUT2D eigenvalue weighted by Gasteiger charge is -2.30. The number of urea groups is 1. The Morgan fingerprint density at radius 2 is 1.61 bits per heavy atom. The van der Waals surface area contributed by atoms with E-state index >= 15 is 0 Å². The normalized spacial score (nSPS) is 12.7. The van der Waals surface area contributed by atoms with Gasteiger partial charge in [0.1, 0.15) is 11.6 Å². The number of carbonyl (C=O) groups excluding carboxylic acids is 1. The average molecular weight is 463 g/mol. The van der Waals surface area contributed by atoms with Crippen LogP contribution < -0.4 is 20.3 Å². The minimum absolute atomic E-state index is 0.158. The Balaban J connectivity index is 1.16. The van der Waals surface area contributed by atoms with Crippen molar-refractivity contribution in [2.75, 3.05) is 28.6 Å². The van der Waals surface area contributed by atoms with Gasteiger partial charge in [-0.3, -0.25) is 0 Å². The van der Waals surface area contributed by atoms with Gasteiger partial charge in [-0.15, -0.1) is 0 Å². The van der Waals surface area contributed by atoms with Crippen LogP contribution in [0.4, 0.5) is 25.7 Å². The molecule has 2 aromatic carbocycles. The number of amides is 2. The summed E-state index contributed by atoms with van der Waals surface area (Å²) < 4.78 is 18.6. The molecule has 33 heavy (non-hydrogen) atoms. The SMILES string of the molecule is O=C(Nc1ccc(F)cc1)Nc1cnc(Oc2ccc(-c3cnc(N4CCC4)s3)cc2)nc1. The molecule has 1 fully saturated rings. The molecule has 4 aromatic rings. The van der Waals surface area contributed by atoms with Crippen molar-refractivity contribution >= 4 is 33.9 Å². The highest BCUT2D eigenvalue weighted by Crippen LogP contribution is 2.34. The largest absolute Gasteiger partial charge is 0.424 e. The summed E-state index contributed by atoms with van der Waals surface area (Å²) in [5.74, 6) is 0.223. The molecule has 2 N–H and O–H groups in total. The van der Waals surface area contributed by atoms with Gasteiger partial charge in [-0.2, -0.15) is 0 Å². The van der Waals surface area contributed by atoms with Crippen molar-refractivity contribution in [3.63, 3.8) is 0 Å². The molecule has 0 unspecified atom stereocenters. The van der Waals surface area contributed by atoms with Gasteiger partial charge in [0.2, 0.25) is 0 Å². The standard InChI is InChI=1S/C23H19FN6O2S/c24-16-4-6-17(7-5-16)28-21(31)29-18-12-25-22(26-13-18)32-19-8-2-15(3-9-19)20-14-27-23(33-20)30-10-1-11-30/h2-9,12-14H,1,10-11H2,(H2,28,29,31). The average Bonchev–Trinajstić information content (AvgIpc) is 3.25. The van der Waals surface area contributed by atoms with E-state index in [9.17, 15) is 9.18 Å². The van der Waals surface area contributed by atoms with E-state index in [2.05, 4.69) is 30.5 Å². The molecular weight excluding hydrogens is 443 g/mol. The third-order valence-corrected chi connectivity index (χ3v) is 6.06. The first kappa shape index (κ1) is 20.8. The van der Waals surface area contributed by atoms with Crippen LogP contribution in [0.1, 0.15) is 6.42 Å². The van der Waals surface area contributed by atoms with Crippen LogP contribution in [0.15, 0.2) is 67.1 Å². The van der Waals surface area contributed by atoms with Gasteiger partial charge in [-0.05, 0) is 60.5 Å². The lowest BCUT2D eigenvalue weighted by atomic mass is 10.2. The predicted molar refractivity (Wildman–Crippen MR) is 126 cm³/mol. The van der Waals surface area contributed by atoms with Crippen LogP contribution in [0.5, 0.6) is 11.8 Å².